The number of piperazine rings is 1. The third-order valence-electron chi connectivity index (χ3n) is 6.28. The van der Waals surface area contributed by atoms with E-state index >= 15 is 0 Å². The molecule has 0 saturated carbocycles. The molecule has 1 aliphatic heterocycles. The SMILES string of the molecule is CCc1ccc(C(=O)Nc2ccc(N3CCN(C(=O)c4cc(OC)cc(OC)c4)CC3)cc2)cc1. The van der Waals surface area contributed by atoms with Crippen molar-refractivity contribution in [2.75, 3.05) is 50.6 Å². The number of aryl methyl sites for hydroxylation is 1. The lowest BCUT2D eigenvalue weighted by molar-refractivity contribution is 0.0746. The fourth-order valence-electron chi connectivity index (χ4n) is 4.13. The molecule has 1 saturated heterocycles. The third-order valence-corrected chi connectivity index (χ3v) is 6.28. The van der Waals surface area contributed by atoms with Gasteiger partial charge in [0.2, 0.25) is 0 Å². The Morgan fingerprint density at radius 2 is 1.40 bits per heavy atom. The van der Waals surface area contributed by atoms with E-state index in [0.717, 1.165) is 30.9 Å². The van der Waals surface area contributed by atoms with Gasteiger partial charge >= 0.3 is 0 Å². The van der Waals surface area contributed by atoms with Gasteiger partial charge in [0.15, 0.2) is 0 Å². The largest absolute Gasteiger partial charge is 0.497 e. The highest BCUT2D eigenvalue weighted by atomic mass is 16.5. The van der Waals surface area contributed by atoms with Crippen LogP contribution in [0.3, 0.4) is 0 Å². The smallest absolute Gasteiger partial charge is 0.255 e. The van der Waals surface area contributed by atoms with E-state index < -0.39 is 0 Å². The lowest BCUT2D eigenvalue weighted by atomic mass is 10.1. The summed E-state index contributed by atoms with van der Waals surface area (Å²) in [6.45, 7) is 4.77. The standard InChI is InChI=1S/C28H31N3O4/c1-4-20-5-7-21(8-6-20)27(32)29-23-9-11-24(12-10-23)30-13-15-31(16-14-30)28(33)22-17-25(34-2)19-26(18-22)35-3/h5-12,17-19H,4,13-16H2,1-3H3,(H,29,32). The third kappa shape index (κ3) is 5.74. The van der Waals surface area contributed by atoms with Crippen LogP contribution < -0.4 is 19.7 Å². The van der Waals surface area contributed by atoms with Crippen molar-refractivity contribution in [3.05, 3.63) is 83.4 Å². The molecule has 0 unspecified atom stereocenters. The van der Waals surface area contributed by atoms with Gasteiger partial charge in [-0.3, -0.25) is 9.59 Å². The molecule has 1 fully saturated rings. The van der Waals surface area contributed by atoms with Crippen LogP contribution in [0.25, 0.3) is 0 Å². The highest BCUT2D eigenvalue weighted by molar-refractivity contribution is 6.04. The van der Waals surface area contributed by atoms with Crippen LogP contribution in [0, 0.1) is 0 Å². The molecule has 0 spiro atoms. The Morgan fingerprint density at radius 3 is 1.94 bits per heavy atom. The Balaban J connectivity index is 1.34. The summed E-state index contributed by atoms with van der Waals surface area (Å²) in [5.41, 5.74) is 4.21. The Bertz CT molecular complexity index is 1150. The van der Waals surface area contributed by atoms with Crippen molar-refractivity contribution in [2.45, 2.75) is 13.3 Å². The van der Waals surface area contributed by atoms with Crippen molar-refractivity contribution in [1.82, 2.24) is 4.90 Å². The van der Waals surface area contributed by atoms with Gasteiger partial charge in [0, 0.05) is 54.7 Å². The van der Waals surface area contributed by atoms with Crippen molar-refractivity contribution in [3.8, 4) is 11.5 Å². The highest BCUT2D eigenvalue weighted by Gasteiger charge is 2.23. The Morgan fingerprint density at radius 1 is 0.800 bits per heavy atom. The van der Waals surface area contributed by atoms with E-state index in [2.05, 4.69) is 17.1 Å². The van der Waals surface area contributed by atoms with Gasteiger partial charge in [-0.1, -0.05) is 19.1 Å². The van der Waals surface area contributed by atoms with Crippen molar-refractivity contribution < 1.29 is 19.1 Å². The molecule has 182 valence electrons. The molecule has 0 aliphatic carbocycles. The van der Waals surface area contributed by atoms with E-state index in [9.17, 15) is 9.59 Å². The number of nitrogens with one attached hydrogen (secondary N) is 1. The molecule has 35 heavy (non-hydrogen) atoms. The van der Waals surface area contributed by atoms with Gasteiger partial charge in [-0.05, 0) is 60.5 Å². The molecule has 1 aliphatic rings. The van der Waals surface area contributed by atoms with E-state index in [1.807, 2.05) is 53.4 Å². The first-order valence-corrected chi connectivity index (χ1v) is 11.8. The second-order valence-corrected chi connectivity index (χ2v) is 8.43. The molecule has 1 N–H and O–H groups in total. The number of methoxy groups -OCH3 is 2. The average molecular weight is 474 g/mol. The lowest BCUT2D eigenvalue weighted by Gasteiger charge is -2.36. The molecule has 7 nitrogen and oxygen atoms in total. The number of hydrogen-bond donors (Lipinski definition) is 1. The van der Waals surface area contributed by atoms with E-state index in [0.29, 0.717) is 35.7 Å². The molecule has 0 radical (unpaired) electrons. The topological polar surface area (TPSA) is 71.1 Å². The quantitative estimate of drug-likeness (QED) is 0.548. The van der Waals surface area contributed by atoms with Crippen LogP contribution >= 0.6 is 0 Å². The Hall–Kier alpha value is -4.00. The fourth-order valence-corrected chi connectivity index (χ4v) is 4.13. The van der Waals surface area contributed by atoms with Crippen LogP contribution in [0.15, 0.2) is 66.7 Å². The van der Waals surface area contributed by atoms with E-state index in [1.54, 1.807) is 32.4 Å². The first kappa shape index (κ1) is 24.1. The predicted molar refractivity (Wildman–Crippen MR) is 138 cm³/mol. The summed E-state index contributed by atoms with van der Waals surface area (Å²) in [5.74, 6) is 1.03. The predicted octanol–water partition coefficient (Wildman–Crippen LogP) is 4.48. The summed E-state index contributed by atoms with van der Waals surface area (Å²) < 4.78 is 10.6. The normalized spacial score (nSPS) is 13.3. The molecule has 2 amide bonds. The summed E-state index contributed by atoms with van der Waals surface area (Å²) in [4.78, 5) is 29.6. The van der Waals surface area contributed by atoms with Gasteiger partial charge in [-0.25, -0.2) is 0 Å². The molecule has 0 bridgehead atoms. The highest BCUT2D eigenvalue weighted by Crippen LogP contribution is 2.25. The van der Waals surface area contributed by atoms with Gasteiger partial charge in [0.05, 0.1) is 14.2 Å². The fraction of sp³-hybridized carbons (Fsp3) is 0.286. The number of carbonyl (C=O) groups excluding carboxylic acids is 2. The van der Waals surface area contributed by atoms with Crippen LogP contribution in [0.2, 0.25) is 0 Å². The lowest BCUT2D eigenvalue weighted by Crippen LogP contribution is -2.48. The van der Waals surface area contributed by atoms with Gasteiger partial charge < -0.3 is 24.6 Å². The molecular formula is C28H31N3O4. The summed E-state index contributed by atoms with van der Waals surface area (Å²) in [7, 11) is 3.14. The molecule has 0 atom stereocenters. The maximum atomic E-state index is 13.0. The number of benzene rings is 3. The van der Waals surface area contributed by atoms with Crippen molar-refractivity contribution in [1.29, 1.82) is 0 Å². The minimum Gasteiger partial charge on any atom is -0.497 e. The summed E-state index contributed by atoms with van der Waals surface area (Å²) in [6, 6.07) is 20.7. The maximum Gasteiger partial charge on any atom is 0.255 e. The van der Waals surface area contributed by atoms with Gasteiger partial charge in [-0.15, -0.1) is 0 Å². The first-order chi connectivity index (χ1) is 17.0. The monoisotopic (exact) mass is 473 g/mol. The number of hydrogen-bond acceptors (Lipinski definition) is 5. The van der Waals surface area contributed by atoms with E-state index in [4.69, 9.17) is 9.47 Å². The van der Waals surface area contributed by atoms with Gasteiger partial charge in [0.1, 0.15) is 11.5 Å². The van der Waals surface area contributed by atoms with E-state index in [-0.39, 0.29) is 11.8 Å². The van der Waals surface area contributed by atoms with E-state index in [1.165, 1.54) is 5.56 Å². The van der Waals surface area contributed by atoms with Crippen LogP contribution in [0.5, 0.6) is 11.5 Å². The minimum atomic E-state index is -0.123. The van der Waals surface area contributed by atoms with Crippen LogP contribution in [-0.2, 0) is 6.42 Å². The molecule has 1 heterocycles. The molecule has 0 aromatic heterocycles. The van der Waals surface area contributed by atoms with Crippen LogP contribution in [-0.4, -0.2) is 57.1 Å². The number of anilines is 2. The number of carbonyl (C=O) groups is 2. The molecule has 4 rings (SSSR count). The van der Waals surface area contributed by atoms with Gasteiger partial charge in [-0.2, -0.15) is 0 Å². The number of amides is 2. The molecular weight excluding hydrogens is 442 g/mol. The zero-order valence-corrected chi connectivity index (χ0v) is 20.4. The summed E-state index contributed by atoms with van der Waals surface area (Å²) >= 11 is 0. The van der Waals surface area contributed by atoms with Gasteiger partial charge in [0.25, 0.3) is 11.8 Å². The molecule has 7 heteroatoms. The first-order valence-electron chi connectivity index (χ1n) is 11.8. The second kappa shape index (κ2) is 11.0. The van der Waals surface area contributed by atoms with Crippen molar-refractivity contribution in [3.63, 3.8) is 0 Å². The number of rotatable bonds is 7. The summed E-state index contributed by atoms with van der Waals surface area (Å²) in [5, 5.41) is 2.95. The Labute approximate surface area is 206 Å². The Kier molecular flexibility index (Phi) is 7.55. The molecule has 3 aromatic rings. The average Bonchev–Trinajstić information content (AvgIpc) is 2.92. The zero-order valence-electron chi connectivity index (χ0n) is 20.4. The van der Waals surface area contributed by atoms with Crippen LogP contribution in [0.1, 0.15) is 33.2 Å². The summed E-state index contributed by atoms with van der Waals surface area (Å²) in [6.07, 6.45) is 0.946. The van der Waals surface area contributed by atoms with Crippen molar-refractivity contribution >= 4 is 23.2 Å². The second-order valence-electron chi connectivity index (χ2n) is 8.43. The van der Waals surface area contributed by atoms with Crippen molar-refractivity contribution in [2.24, 2.45) is 0 Å². The minimum absolute atomic E-state index is 0.0353. The zero-order chi connectivity index (χ0) is 24.8. The maximum absolute atomic E-state index is 13.0. The van der Waals surface area contributed by atoms with Crippen LogP contribution in [0.4, 0.5) is 11.4 Å². The molecule has 3 aromatic carbocycles. The number of nitrogens with zero attached hydrogens (tertiary/aromatic N) is 2. The number of ether oxygens (including phenoxy) is 2.